The minimum Gasteiger partial charge on any atom is -0.326 e. The molecule has 1 aliphatic rings. The van der Waals surface area contributed by atoms with E-state index in [1.54, 1.807) is 0 Å². The topological polar surface area (TPSA) is 104 Å². The number of sulfonamides is 2. The number of carbonyl (C=O) groups excluding carboxylic acids is 1. The Hall–Kier alpha value is -2.43. The monoisotopic (exact) mass is 423 g/mol. The molecule has 2 aromatic rings. The van der Waals surface area contributed by atoms with Gasteiger partial charge in [0.25, 0.3) is 10.0 Å². The Kier molecular flexibility index (Phi) is 5.22. The number of nitrogens with one attached hydrogen (secondary N) is 1. The lowest BCUT2D eigenvalue weighted by Crippen LogP contribution is -2.29. The number of fused-ring (bicyclic) bond motifs is 1. The third kappa shape index (κ3) is 3.62. The fraction of sp³-hybridized carbons (Fsp3) is 0.278. The van der Waals surface area contributed by atoms with Gasteiger partial charge in [0.1, 0.15) is 0 Å². The van der Waals surface area contributed by atoms with Crippen LogP contribution in [0.15, 0.2) is 52.3 Å². The first-order chi connectivity index (χ1) is 13.0. The van der Waals surface area contributed by atoms with Crippen molar-refractivity contribution in [3.63, 3.8) is 0 Å². The Balaban J connectivity index is 1.94. The molecule has 0 aliphatic carbocycles. The smallest absolute Gasteiger partial charge is 0.264 e. The molecule has 0 bridgehead atoms. The highest BCUT2D eigenvalue weighted by Gasteiger charge is 2.32. The third-order valence-corrected chi connectivity index (χ3v) is 8.08. The molecule has 1 N–H and O–H groups in total. The van der Waals surface area contributed by atoms with Crippen LogP contribution in [0.2, 0.25) is 0 Å². The fourth-order valence-electron chi connectivity index (χ4n) is 3.01. The molecule has 150 valence electrons. The van der Waals surface area contributed by atoms with Gasteiger partial charge in [-0.3, -0.25) is 9.10 Å². The predicted octanol–water partition coefficient (Wildman–Crippen LogP) is 1.65. The summed E-state index contributed by atoms with van der Waals surface area (Å²) >= 11 is 0. The second-order valence-electron chi connectivity index (χ2n) is 6.61. The second-order valence-corrected chi connectivity index (χ2v) is 10.6. The van der Waals surface area contributed by atoms with Crippen LogP contribution in [0, 0.1) is 0 Å². The van der Waals surface area contributed by atoms with Crippen LogP contribution in [-0.2, 0) is 31.3 Å². The maximum absolute atomic E-state index is 13.0. The van der Waals surface area contributed by atoms with E-state index in [1.165, 1.54) is 67.8 Å². The van der Waals surface area contributed by atoms with Crippen LogP contribution in [0.3, 0.4) is 0 Å². The van der Waals surface area contributed by atoms with E-state index < -0.39 is 20.0 Å². The van der Waals surface area contributed by atoms with Crippen molar-refractivity contribution < 1.29 is 21.6 Å². The normalized spacial score (nSPS) is 14.2. The highest BCUT2D eigenvalue weighted by molar-refractivity contribution is 7.92. The SMILES string of the molecule is CC(=O)Nc1ccc(S(=O)(=O)N2CCc3cc(S(=O)(=O)N(C)C)ccc32)cc1. The minimum absolute atomic E-state index is 0.0967. The molecule has 1 heterocycles. The van der Waals surface area contributed by atoms with E-state index in [0.29, 0.717) is 23.4 Å². The average Bonchev–Trinajstić information content (AvgIpc) is 3.05. The molecule has 8 nitrogen and oxygen atoms in total. The van der Waals surface area contributed by atoms with Gasteiger partial charge in [-0.2, -0.15) is 0 Å². The fourth-order valence-corrected chi connectivity index (χ4v) is 5.47. The van der Waals surface area contributed by atoms with Crippen LogP contribution in [-0.4, -0.2) is 47.7 Å². The van der Waals surface area contributed by atoms with Gasteiger partial charge in [0.05, 0.1) is 15.5 Å². The summed E-state index contributed by atoms with van der Waals surface area (Å²) in [4.78, 5) is 11.3. The molecule has 0 atom stereocenters. The van der Waals surface area contributed by atoms with Crippen LogP contribution in [0.25, 0.3) is 0 Å². The first-order valence-electron chi connectivity index (χ1n) is 8.49. The van der Waals surface area contributed by atoms with Crippen molar-refractivity contribution in [3.8, 4) is 0 Å². The molecule has 0 saturated carbocycles. The summed E-state index contributed by atoms with van der Waals surface area (Å²) in [5, 5.41) is 2.59. The zero-order chi connectivity index (χ0) is 20.7. The van der Waals surface area contributed by atoms with E-state index in [-0.39, 0.29) is 22.2 Å². The van der Waals surface area contributed by atoms with E-state index in [4.69, 9.17) is 0 Å². The first-order valence-corrected chi connectivity index (χ1v) is 11.4. The molecular formula is C18H21N3O5S2. The highest BCUT2D eigenvalue weighted by atomic mass is 32.2. The summed E-state index contributed by atoms with van der Waals surface area (Å²) in [6.07, 6.45) is 0.426. The highest BCUT2D eigenvalue weighted by Crippen LogP contribution is 2.35. The number of anilines is 2. The number of rotatable bonds is 5. The molecule has 10 heteroatoms. The van der Waals surface area contributed by atoms with Crippen LogP contribution in [0.1, 0.15) is 12.5 Å². The van der Waals surface area contributed by atoms with Gasteiger partial charge in [-0.15, -0.1) is 0 Å². The summed E-state index contributed by atoms with van der Waals surface area (Å²) in [6.45, 7) is 1.60. The van der Waals surface area contributed by atoms with E-state index in [0.717, 1.165) is 4.31 Å². The molecule has 0 spiro atoms. The summed E-state index contributed by atoms with van der Waals surface area (Å²) in [5.74, 6) is -0.243. The van der Waals surface area contributed by atoms with E-state index in [1.807, 2.05) is 0 Å². The van der Waals surface area contributed by atoms with Crippen molar-refractivity contribution in [3.05, 3.63) is 48.0 Å². The number of amides is 1. The average molecular weight is 424 g/mol. The summed E-state index contributed by atoms with van der Waals surface area (Å²) in [7, 11) is -4.49. The lowest BCUT2D eigenvalue weighted by molar-refractivity contribution is -0.114. The number of hydrogen-bond acceptors (Lipinski definition) is 5. The Morgan fingerprint density at radius 1 is 1.00 bits per heavy atom. The summed E-state index contributed by atoms with van der Waals surface area (Å²) < 4.78 is 53.1. The van der Waals surface area contributed by atoms with Crippen molar-refractivity contribution in [2.45, 2.75) is 23.1 Å². The van der Waals surface area contributed by atoms with Gasteiger partial charge in [0.2, 0.25) is 15.9 Å². The molecule has 1 amide bonds. The Bertz CT molecular complexity index is 1120. The van der Waals surface area contributed by atoms with Gasteiger partial charge in [-0.05, 0) is 54.4 Å². The largest absolute Gasteiger partial charge is 0.326 e. The van der Waals surface area contributed by atoms with Crippen molar-refractivity contribution in [2.24, 2.45) is 0 Å². The Morgan fingerprint density at radius 2 is 1.61 bits per heavy atom. The maximum Gasteiger partial charge on any atom is 0.264 e. The minimum atomic E-state index is -3.80. The van der Waals surface area contributed by atoms with Gasteiger partial charge >= 0.3 is 0 Å². The van der Waals surface area contributed by atoms with E-state index >= 15 is 0 Å². The van der Waals surface area contributed by atoms with Gasteiger partial charge in [-0.1, -0.05) is 0 Å². The molecule has 0 fully saturated rings. The van der Waals surface area contributed by atoms with E-state index in [2.05, 4.69) is 5.32 Å². The van der Waals surface area contributed by atoms with E-state index in [9.17, 15) is 21.6 Å². The number of benzene rings is 2. The number of carbonyl (C=O) groups is 1. The lowest BCUT2D eigenvalue weighted by Gasteiger charge is -2.20. The van der Waals surface area contributed by atoms with Crippen LogP contribution in [0.5, 0.6) is 0 Å². The molecule has 28 heavy (non-hydrogen) atoms. The third-order valence-electron chi connectivity index (χ3n) is 4.45. The first kappa shape index (κ1) is 20.3. The molecule has 0 radical (unpaired) electrons. The van der Waals surface area contributed by atoms with Crippen LogP contribution >= 0.6 is 0 Å². The molecule has 3 rings (SSSR count). The lowest BCUT2D eigenvalue weighted by atomic mass is 10.2. The van der Waals surface area contributed by atoms with Gasteiger partial charge in [0, 0.05) is 33.3 Å². The van der Waals surface area contributed by atoms with Crippen molar-refractivity contribution >= 4 is 37.3 Å². The summed E-state index contributed by atoms with van der Waals surface area (Å²) in [5.41, 5.74) is 1.65. The molecule has 1 aliphatic heterocycles. The zero-order valence-corrected chi connectivity index (χ0v) is 17.3. The molecular weight excluding hydrogens is 402 g/mol. The predicted molar refractivity (Wildman–Crippen MR) is 106 cm³/mol. The quantitative estimate of drug-likeness (QED) is 0.787. The van der Waals surface area contributed by atoms with Crippen molar-refractivity contribution in [1.29, 1.82) is 0 Å². The second kappa shape index (κ2) is 7.19. The Morgan fingerprint density at radius 3 is 2.18 bits per heavy atom. The molecule has 0 unspecified atom stereocenters. The van der Waals surface area contributed by atoms with Gasteiger partial charge < -0.3 is 5.32 Å². The molecule has 0 aromatic heterocycles. The molecule has 2 aromatic carbocycles. The number of hydrogen-bond donors (Lipinski definition) is 1. The van der Waals surface area contributed by atoms with Crippen LogP contribution < -0.4 is 9.62 Å². The maximum atomic E-state index is 13.0. The van der Waals surface area contributed by atoms with Crippen molar-refractivity contribution in [2.75, 3.05) is 30.3 Å². The van der Waals surface area contributed by atoms with Gasteiger partial charge in [0.15, 0.2) is 0 Å². The molecule has 0 saturated heterocycles. The standard InChI is InChI=1S/C18H21N3O5S2/c1-13(22)19-15-4-6-16(7-5-15)28(25,26)21-11-10-14-12-17(8-9-18(14)21)27(23,24)20(2)3/h4-9,12H,10-11H2,1-3H3,(H,19,22). The van der Waals surface area contributed by atoms with Gasteiger partial charge in [-0.25, -0.2) is 21.1 Å². The van der Waals surface area contributed by atoms with Crippen molar-refractivity contribution in [1.82, 2.24) is 4.31 Å². The Labute approximate surface area is 164 Å². The van der Waals surface area contributed by atoms with Crippen LogP contribution in [0.4, 0.5) is 11.4 Å². The number of nitrogens with zero attached hydrogens (tertiary/aromatic N) is 2. The zero-order valence-electron chi connectivity index (χ0n) is 15.7. The summed E-state index contributed by atoms with van der Waals surface area (Å²) in [6, 6.07) is 10.4.